The molecule has 0 saturated heterocycles. The Bertz CT molecular complexity index is 230. The van der Waals surface area contributed by atoms with Crippen LogP contribution in [0.4, 0.5) is 17.6 Å². The standard InChI is InChI=1S/C9H14F4O2S/c1-5(4-16)7(9(11,12)13)8(14)15-3-6(2)10/h5-7,16H,3-4H2,1-2H3. The first kappa shape index (κ1) is 15.5. The van der Waals surface area contributed by atoms with Crippen molar-refractivity contribution in [3.8, 4) is 0 Å². The van der Waals surface area contributed by atoms with Gasteiger partial charge in [0, 0.05) is 0 Å². The summed E-state index contributed by atoms with van der Waals surface area (Å²) < 4.78 is 54.1. The molecule has 0 radical (unpaired) electrons. The van der Waals surface area contributed by atoms with Crippen LogP contribution < -0.4 is 0 Å². The molecular formula is C9H14F4O2S. The van der Waals surface area contributed by atoms with Crippen molar-refractivity contribution in [3.05, 3.63) is 0 Å². The number of thiol groups is 1. The van der Waals surface area contributed by atoms with Crippen molar-refractivity contribution in [1.82, 2.24) is 0 Å². The molecule has 0 N–H and O–H groups in total. The minimum absolute atomic E-state index is 0.107. The second-order valence-electron chi connectivity index (χ2n) is 3.59. The van der Waals surface area contributed by atoms with Crippen LogP contribution in [-0.4, -0.2) is 30.7 Å². The fourth-order valence-corrected chi connectivity index (χ4v) is 1.29. The van der Waals surface area contributed by atoms with Crippen molar-refractivity contribution in [2.24, 2.45) is 11.8 Å². The second kappa shape index (κ2) is 6.32. The second-order valence-corrected chi connectivity index (χ2v) is 3.96. The first-order valence-electron chi connectivity index (χ1n) is 4.68. The number of alkyl halides is 4. The van der Waals surface area contributed by atoms with E-state index in [1.807, 2.05) is 0 Å². The monoisotopic (exact) mass is 262 g/mol. The Morgan fingerprint density at radius 1 is 1.38 bits per heavy atom. The van der Waals surface area contributed by atoms with Crippen molar-refractivity contribution >= 4 is 18.6 Å². The molecule has 0 heterocycles. The van der Waals surface area contributed by atoms with E-state index >= 15 is 0 Å². The molecule has 7 heteroatoms. The van der Waals surface area contributed by atoms with Gasteiger partial charge < -0.3 is 4.74 Å². The van der Waals surface area contributed by atoms with E-state index in [4.69, 9.17) is 0 Å². The molecule has 0 aromatic heterocycles. The summed E-state index contributed by atoms with van der Waals surface area (Å²) in [6, 6.07) is 0. The summed E-state index contributed by atoms with van der Waals surface area (Å²) in [5.74, 6) is -4.81. The van der Waals surface area contributed by atoms with Gasteiger partial charge in [0.15, 0.2) is 5.92 Å². The van der Waals surface area contributed by atoms with Crippen molar-refractivity contribution < 1.29 is 27.1 Å². The molecule has 0 fully saturated rings. The Kier molecular flexibility index (Phi) is 6.14. The fourth-order valence-electron chi connectivity index (χ4n) is 1.08. The summed E-state index contributed by atoms with van der Waals surface area (Å²) in [7, 11) is 0. The van der Waals surface area contributed by atoms with Crippen LogP contribution in [0.15, 0.2) is 0 Å². The molecule has 3 unspecified atom stereocenters. The molecule has 16 heavy (non-hydrogen) atoms. The predicted octanol–water partition coefficient (Wildman–Crippen LogP) is 2.63. The van der Waals surface area contributed by atoms with Gasteiger partial charge in [0.2, 0.25) is 0 Å². The van der Waals surface area contributed by atoms with Crippen LogP contribution in [0.25, 0.3) is 0 Å². The molecule has 0 aromatic carbocycles. The van der Waals surface area contributed by atoms with Crippen LogP contribution >= 0.6 is 12.6 Å². The van der Waals surface area contributed by atoms with Gasteiger partial charge in [-0.2, -0.15) is 25.8 Å². The van der Waals surface area contributed by atoms with Gasteiger partial charge >= 0.3 is 12.1 Å². The number of rotatable bonds is 5. The van der Waals surface area contributed by atoms with Gasteiger partial charge in [-0.25, -0.2) is 4.39 Å². The molecule has 96 valence electrons. The van der Waals surface area contributed by atoms with E-state index in [2.05, 4.69) is 17.4 Å². The van der Waals surface area contributed by atoms with Crippen LogP contribution in [0.1, 0.15) is 13.8 Å². The first-order chi connectivity index (χ1) is 7.20. The smallest absolute Gasteiger partial charge is 0.402 e. The number of carbonyl (C=O) groups is 1. The molecule has 0 aliphatic carbocycles. The third kappa shape index (κ3) is 5.05. The quantitative estimate of drug-likeness (QED) is 0.468. The summed E-state index contributed by atoms with van der Waals surface area (Å²) >= 11 is 3.71. The molecule has 0 saturated carbocycles. The van der Waals surface area contributed by atoms with Crippen LogP contribution in [0, 0.1) is 11.8 Å². The van der Waals surface area contributed by atoms with Gasteiger partial charge in [0.1, 0.15) is 12.8 Å². The number of hydrogen-bond acceptors (Lipinski definition) is 3. The van der Waals surface area contributed by atoms with Crippen LogP contribution in [0.5, 0.6) is 0 Å². The Labute approximate surface area is 96.8 Å². The molecule has 2 nitrogen and oxygen atoms in total. The topological polar surface area (TPSA) is 26.3 Å². The number of carbonyl (C=O) groups excluding carboxylic acids is 1. The zero-order valence-corrected chi connectivity index (χ0v) is 9.82. The van der Waals surface area contributed by atoms with Crippen molar-refractivity contribution in [2.75, 3.05) is 12.4 Å². The molecule has 0 spiro atoms. The van der Waals surface area contributed by atoms with E-state index in [1.54, 1.807) is 0 Å². The van der Waals surface area contributed by atoms with Gasteiger partial charge in [-0.05, 0) is 18.6 Å². The summed E-state index contributed by atoms with van der Waals surface area (Å²) in [6.45, 7) is 1.67. The maximum atomic E-state index is 12.5. The summed E-state index contributed by atoms with van der Waals surface area (Å²) in [5, 5.41) is 0. The Hall–Kier alpha value is -0.460. The van der Waals surface area contributed by atoms with Gasteiger partial charge in [0.05, 0.1) is 0 Å². The van der Waals surface area contributed by atoms with Gasteiger partial charge in [-0.3, -0.25) is 4.79 Å². The molecular weight excluding hydrogens is 248 g/mol. The minimum atomic E-state index is -4.70. The predicted molar refractivity (Wildman–Crippen MR) is 54.1 cm³/mol. The minimum Gasteiger partial charge on any atom is -0.462 e. The van der Waals surface area contributed by atoms with Gasteiger partial charge in [0.25, 0.3) is 0 Å². The fraction of sp³-hybridized carbons (Fsp3) is 0.889. The number of halogens is 4. The van der Waals surface area contributed by atoms with E-state index in [1.165, 1.54) is 6.92 Å². The highest BCUT2D eigenvalue weighted by molar-refractivity contribution is 7.80. The van der Waals surface area contributed by atoms with Crippen LogP contribution in [-0.2, 0) is 9.53 Å². The number of hydrogen-bond donors (Lipinski definition) is 1. The molecule has 0 bridgehead atoms. The average Bonchev–Trinajstić information content (AvgIpc) is 2.12. The third-order valence-corrected chi connectivity index (χ3v) is 2.49. The first-order valence-corrected chi connectivity index (χ1v) is 5.31. The lowest BCUT2D eigenvalue weighted by Crippen LogP contribution is -2.38. The average molecular weight is 262 g/mol. The SMILES string of the molecule is CC(F)COC(=O)C(C(C)CS)C(F)(F)F. The van der Waals surface area contributed by atoms with E-state index < -0.39 is 36.8 Å². The Balaban J connectivity index is 4.58. The largest absolute Gasteiger partial charge is 0.462 e. The third-order valence-electron chi connectivity index (χ3n) is 1.92. The molecule has 0 amide bonds. The normalized spacial score (nSPS) is 17.7. The lowest BCUT2D eigenvalue weighted by atomic mass is 9.95. The molecule has 0 aliphatic heterocycles. The molecule has 3 atom stereocenters. The van der Waals surface area contributed by atoms with Crippen molar-refractivity contribution in [2.45, 2.75) is 26.2 Å². The maximum Gasteiger partial charge on any atom is 0.402 e. The molecule has 0 aromatic rings. The van der Waals surface area contributed by atoms with E-state index in [-0.39, 0.29) is 5.75 Å². The van der Waals surface area contributed by atoms with Crippen LogP contribution in [0.3, 0.4) is 0 Å². The zero-order chi connectivity index (χ0) is 12.9. The number of esters is 1. The molecule has 0 rings (SSSR count). The molecule has 0 aliphatic rings. The Morgan fingerprint density at radius 2 is 1.88 bits per heavy atom. The highest BCUT2D eigenvalue weighted by atomic mass is 32.1. The van der Waals surface area contributed by atoms with E-state index in [9.17, 15) is 22.4 Å². The highest BCUT2D eigenvalue weighted by Gasteiger charge is 2.48. The zero-order valence-electron chi connectivity index (χ0n) is 8.92. The highest BCUT2D eigenvalue weighted by Crippen LogP contribution is 2.33. The summed E-state index contributed by atoms with van der Waals surface area (Å²) in [6.07, 6.45) is -6.18. The van der Waals surface area contributed by atoms with Gasteiger partial charge in [-0.1, -0.05) is 6.92 Å². The maximum absolute atomic E-state index is 12.5. The van der Waals surface area contributed by atoms with Gasteiger partial charge in [-0.15, -0.1) is 0 Å². The van der Waals surface area contributed by atoms with Crippen molar-refractivity contribution in [1.29, 1.82) is 0 Å². The summed E-state index contributed by atoms with van der Waals surface area (Å²) in [4.78, 5) is 11.2. The van der Waals surface area contributed by atoms with Crippen molar-refractivity contribution in [3.63, 3.8) is 0 Å². The summed E-state index contributed by atoms with van der Waals surface area (Å²) in [5.41, 5.74) is 0. The van der Waals surface area contributed by atoms with E-state index in [0.29, 0.717) is 0 Å². The lowest BCUT2D eigenvalue weighted by Gasteiger charge is -2.23. The van der Waals surface area contributed by atoms with Crippen LogP contribution in [0.2, 0.25) is 0 Å². The Morgan fingerprint density at radius 3 is 2.19 bits per heavy atom. The number of ether oxygens (including phenoxy) is 1. The lowest BCUT2D eigenvalue weighted by molar-refractivity contribution is -0.205. The van der Waals surface area contributed by atoms with E-state index in [0.717, 1.165) is 6.92 Å².